The second-order valence-corrected chi connectivity index (χ2v) is 10.3. The van der Waals surface area contributed by atoms with E-state index in [1.54, 1.807) is 0 Å². The molecule has 0 nitrogen and oxygen atoms in total. The summed E-state index contributed by atoms with van der Waals surface area (Å²) >= 11 is 0. The number of rotatable bonds is 3. The Morgan fingerprint density at radius 1 is 0.514 bits per heavy atom. The summed E-state index contributed by atoms with van der Waals surface area (Å²) in [6, 6.07) is 50.4. The van der Waals surface area contributed by atoms with E-state index in [1.165, 1.54) is 66.4 Å². The summed E-state index contributed by atoms with van der Waals surface area (Å²) < 4.78 is 0. The topological polar surface area (TPSA) is 0 Å². The zero-order valence-electron chi connectivity index (χ0n) is 21.1. The normalized spacial score (nSPS) is 13.4. The van der Waals surface area contributed by atoms with Crippen LogP contribution in [-0.2, 0) is 5.41 Å². The summed E-state index contributed by atoms with van der Waals surface area (Å²) in [6.07, 6.45) is 0. The molecule has 7 rings (SSSR count). The van der Waals surface area contributed by atoms with Crippen molar-refractivity contribution in [1.29, 1.82) is 0 Å². The lowest BCUT2D eigenvalue weighted by Gasteiger charge is -2.34. The third kappa shape index (κ3) is 3.29. The van der Waals surface area contributed by atoms with Gasteiger partial charge in [0, 0.05) is 0 Å². The molecule has 0 unspecified atom stereocenters. The fourth-order valence-corrected chi connectivity index (χ4v) is 6.16. The number of hydrogen-bond acceptors (Lipinski definition) is 0. The summed E-state index contributed by atoms with van der Waals surface area (Å²) in [5.74, 6) is 0. The highest BCUT2D eigenvalue weighted by Crippen LogP contribution is 2.56. The van der Waals surface area contributed by atoms with Crippen LogP contribution < -0.4 is 0 Å². The van der Waals surface area contributed by atoms with E-state index < -0.39 is 0 Å². The van der Waals surface area contributed by atoms with Crippen molar-refractivity contribution in [3.8, 4) is 22.3 Å². The fourth-order valence-electron chi connectivity index (χ4n) is 6.16. The molecular formula is C37H27. The molecule has 6 aromatic carbocycles. The van der Waals surface area contributed by atoms with E-state index in [1.807, 2.05) is 6.07 Å². The van der Waals surface area contributed by atoms with E-state index >= 15 is 0 Å². The van der Waals surface area contributed by atoms with Gasteiger partial charge in [-0.1, -0.05) is 120 Å². The molecule has 0 amide bonds. The zero-order valence-corrected chi connectivity index (χ0v) is 21.1. The molecule has 0 aromatic heterocycles. The molecule has 1 radical (unpaired) electrons. The Morgan fingerprint density at radius 2 is 1.14 bits per heavy atom. The van der Waals surface area contributed by atoms with Crippen molar-refractivity contribution in [2.75, 3.05) is 0 Å². The molecule has 0 heteroatoms. The first-order chi connectivity index (χ1) is 18.1. The van der Waals surface area contributed by atoms with Gasteiger partial charge in [0.2, 0.25) is 0 Å². The number of fused-ring (bicyclic) bond motifs is 4. The van der Waals surface area contributed by atoms with Crippen molar-refractivity contribution in [2.24, 2.45) is 0 Å². The van der Waals surface area contributed by atoms with E-state index in [0.29, 0.717) is 0 Å². The molecule has 1 aliphatic carbocycles. The molecule has 6 aromatic rings. The van der Waals surface area contributed by atoms with Gasteiger partial charge in [0.25, 0.3) is 0 Å². The standard InChI is InChI=1S/C37H27/c1-25-11-18-31(19-12-25)37(32-20-13-26(2)14-21-32)35-10-6-5-9-33(35)34-22-17-30(24-36(34)37)29-16-15-27-7-3-4-8-28(27)23-29/h4-24H,1-2H3. The van der Waals surface area contributed by atoms with Gasteiger partial charge < -0.3 is 0 Å². The minimum Gasteiger partial charge on any atom is -0.0619 e. The first-order valence-electron chi connectivity index (χ1n) is 12.9. The number of benzene rings is 6. The fraction of sp³-hybridized carbons (Fsp3) is 0.0811. The molecule has 0 bridgehead atoms. The molecule has 1 aliphatic rings. The van der Waals surface area contributed by atoms with Gasteiger partial charge in [0.15, 0.2) is 0 Å². The quantitative estimate of drug-likeness (QED) is 0.241. The Kier molecular flexibility index (Phi) is 4.91. The second-order valence-electron chi connectivity index (χ2n) is 10.3. The minimum atomic E-state index is -0.380. The van der Waals surface area contributed by atoms with Gasteiger partial charge in [-0.05, 0) is 93.4 Å². The van der Waals surface area contributed by atoms with E-state index in [-0.39, 0.29) is 5.41 Å². The van der Waals surface area contributed by atoms with Crippen LogP contribution in [0.15, 0.2) is 127 Å². The third-order valence-electron chi connectivity index (χ3n) is 8.03. The molecule has 175 valence electrons. The van der Waals surface area contributed by atoms with E-state index in [9.17, 15) is 0 Å². The molecule has 0 aliphatic heterocycles. The van der Waals surface area contributed by atoms with E-state index in [4.69, 9.17) is 0 Å². The second kappa shape index (κ2) is 8.32. The summed E-state index contributed by atoms with van der Waals surface area (Å²) in [4.78, 5) is 0. The molecule has 0 saturated carbocycles. The van der Waals surface area contributed by atoms with Crippen molar-refractivity contribution in [1.82, 2.24) is 0 Å². The van der Waals surface area contributed by atoms with Crippen molar-refractivity contribution in [3.05, 3.63) is 167 Å². The molecule has 0 N–H and O–H groups in total. The maximum atomic E-state index is 3.19. The van der Waals surface area contributed by atoms with Crippen molar-refractivity contribution in [3.63, 3.8) is 0 Å². The van der Waals surface area contributed by atoms with Crippen LogP contribution in [0.25, 0.3) is 33.0 Å². The Morgan fingerprint density at radius 3 is 1.86 bits per heavy atom. The predicted molar refractivity (Wildman–Crippen MR) is 155 cm³/mol. The summed E-state index contributed by atoms with van der Waals surface area (Å²) in [7, 11) is 0. The van der Waals surface area contributed by atoms with E-state index in [0.717, 1.165) is 0 Å². The van der Waals surface area contributed by atoms with Gasteiger partial charge in [0.05, 0.1) is 5.41 Å². The molecule has 0 fully saturated rings. The molecule has 0 saturated heterocycles. The Labute approximate surface area is 218 Å². The summed E-state index contributed by atoms with van der Waals surface area (Å²) in [6.45, 7) is 4.32. The van der Waals surface area contributed by atoms with Crippen LogP contribution in [0.5, 0.6) is 0 Å². The molecular weight excluding hydrogens is 444 g/mol. The number of hydrogen-bond donors (Lipinski definition) is 0. The lowest BCUT2D eigenvalue weighted by Crippen LogP contribution is -2.28. The van der Waals surface area contributed by atoms with Crippen LogP contribution in [0.2, 0.25) is 0 Å². The monoisotopic (exact) mass is 471 g/mol. The average Bonchev–Trinajstić information content (AvgIpc) is 3.24. The van der Waals surface area contributed by atoms with Gasteiger partial charge in [-0.3, -0.25) is 0 Å². The molecule has 0 spiro atoms. The van der Waals surface area contributed by atoms with Gasteiger partial charge in [0.1, 0.15) is 0 Å². The van der Waals surface area contributed by atoms with Gasteiger partial charge in [-0.25, -0.2) is 0 Å². The van der Waals surface area contributed by atoms with Gasteiger partial charge in [-0.15, -0.1) is 0 Å². The molecule has 37 heavy (non-hydrogen) atoms. The maximum absolute atomic E-state index is 3.19. The first kappa shape index (κ1) is 21.8. The van der Waals surface area contributed by atoms with Crippen LogP contribution in [-0.4, -0.2) is 0 Å². The molecule has 0 heterocycles. The first-order valence-corrected chi connectivity index (χ1v) is 12.9. The average molecular weight is 472 g/mol. The van der Waals surface area contributed by atoms with Crippen LogP contribution >= 0.6 is 0 Å². The Balaban J connectivity index is 1.55. The van der Waals surface area contributed by atoms with Crippen LogP contribution in [0, 0.1) is 19.9 Å². The maximum Gasteiger partial charge on any atom is 0.0713 e. The Hall–Kier alpha value is -4.42. The van der Waals surface area contributed by atoms with Gasteiger partial charge >= 0.3 is 0 Å². The lowest BCUT2D eigenvalue weighted by atomic mass is 9.67. The zero-order chi connectivity index (χ0) is 25.0. The smallest absolute Gasteiger partial charge is 0.0619 e. The highest BCUT2D eigenvalue weighted by molar-refractivity contribution is 5.91. The van der Waals surface area contributed by atoms with Crippen molar-refractivity contribution < 1.29 is 0 Å². The number of aryl methyl sites for hydroxylation is 2. The van der Waals surface area contributed by atoms with Crippen molar-refractivity contribution >= 4 is 10.8 Å². The summed E-state index contributed by atoms with van der Waals surface area (Å²) in [5.41, 5.74) is 12.6. The van der Waals surface area contributed by atoms with Crippen LogP contribution in [0.1, 0.15) is 33.4 Å². The lowest BCUT2D eigenvalue weighted by molar-refractivity contribution is 0.768. The SMILES string of the molecule is Cc1ccc(C2(c3ccc(C)cc3)c3ccccc3-c3ccc(-c4ccc5c[c]ccc5c4)cc32)cc1. The Bertz CT molecular complexity index is 1720. The predicted octanol–water partition coefficient (Wildman–Crippen LogP) is 9.29. The minimum absolute atomic E-state index is 0.380. The molecule has 0 atom stereocenters. The van der Waals surface area contributed by atoms with Crippen LogP contribution in [0.4, 0.5) is 0 Å². The van der Waals surface area contributed by atoms with Crippen molar-refractivity contribution in [2.45, 2.75) is 19.3 Å². The van der Waals surface area contributed by atoms with Crippen LogP contribution in [0.3, 0.4) is 0 Å². The third-order valence-corrected chi connectivity index (χ3v) is 8.03. The summed E-state index contributed by atoms with van der Waals surface area (Å²) in [5, 5.41) is 2.46. The van der Waals surface area contributed by atoms with E-state index in [2.05, 4.69) is 141 Å². The highest BCUT2D eigenvalue weighted by atomic mass is 14.5. The van der Waals surface area contributed by atoms with Gasteiger partial charge in [-0.2, -0.15) is 0 Å². The highest BCUT2D eigenvalue weighted by Gasteiger charge is 2.46. The largest absolute Gasteiger partial charge is 0.0713 e.